The van der Waals surface area contributed by atoms with Crippen molar-refractivity contribution in [3.05, 3.63) is 40.8 Å². The molecule has 11 heteroatoms. The topological polar surface area (TPSA) is 78.5 Å². The van der Waals surface area contributed by atoms with E-state index in [1.807, 2.05) is 16.8 Å². The van der Waals surface area contributed by atoms with Gasteiger partial charge in [0.1, 0.15) is 11.8 Å². The predicted octanol–water partition coefficient (Wildman–Crippen LogP) is 4.42. The van der Waals surface area contributed by atoms with Crippen molar-refractivity contribution in [2.75, 3.05) is 26.0 Å². The summed E-state index contributed by atoms with van der Waals surface area (Å²) in [5.41, 5.74) is 2.13. The number of nitrogens with one attached hydrogen (secondary N) is 1. The fourth-order valence-electron chi connectivity index (χ4n) is 4.75. The van der Waals surface area contributed by atoms with E-state index < -0.39 is 18.2 Å². The number of piperidine rings is 1. The van der Waals surface area contributed by atoms with Crippen LogP contribution < -0.4 is 10.4 Å². The molecule has 2 saturated heterocycles. The van der Waals surface area contributed by atoms with Gasteiger partial charge in [0.15, 0.2) is 0 Å². The highest BCUT2D eigenvalue weighted by Gasteiger charge is 2.48. The maximum Gasteiger partial charge on any atom is 0.430 e. The first-order chi connectivity index (χ1) is 15.9. The molecule has 4 rings (SSSR count). The number of anilines is 1. The second-order valence-electron chi connectivity index (χ2n) is 9.06. The number of nitrogens with zero attached hydrogens (tertiary/aromatic N) is 1. The molecular weight excluding hydrogens is 476 g/mol. The Morgan fingerprint density at radius 2 is 1.79 bits per heavy atom. The van der Waals surface area contributed by atoms with Gasteiger partial charge in [0.2, 0.25) is 0 Å². The minimum atomic E-state index is -5.19. The molecule has 6 nitrogen and oxygen atoms in total. The molecule has 1 amide bonds. The van der Waals surface area contributed by atoms with Crippen molar-refractivity contribution in [1.82, 2.24) is 0 Å². The second kappa shape index (κ2) is 10.3. The van der Waals surface area contributed by atoms with Crippen molar-refractivity contribution in [3.8, 4) is 11.1 Å². The molecule has 2 aliphatic heterocycles. The lowest BCUT2D eigenvalue weighted by atomic mass is 9.90. The van der Waals surface area contributed by atoms with Crippen molar-refractivity contribution < 1.29 is 41.5 Å². The molecule has 1 aromatic carbocycles. The van der Waals surface area contributed by atoms with Crippen LogP contribution in [0.15, 0.2) is 35.0 Å². The van der Waals surface area contributed by atoms with E-state index in [-0.39, 0.29) is 5.82 Å². The number of benzene rings is 1. The molecule has 2 atom stereocenters. The van der Waals surface area contributed by atoms with E-state index >= 15 is 0 Å². The largest absolute Gasteiger partial charge is 0.542 e. The minimum absolute atomic E-state index is 0.325. The van der Waals surface area contributed by atoms with E-state index in [1.54, 1.807) is 6.07 Å². The lowest BCUT2D eigenvalue weighted by Gasteiger charge is -2.44. The van der Waals surface area contributed by atoms with E-state index in [9.17, 15) is 22.4 Å². The lowest BCUT2D eigenvalue weighted by Crippen LogP contribution is -2.55. The Morgan fingerprint density at radius 3 is 2.32 bits per heavy atom. The van der Waals surface area contributed by atoms with Crippen molar-refractivity contribution in [1.29, 1.82) is 0 Å². The molecule has 3 heterocycles. The van der Waals surface area contributed by atoms with Gasteiger partial charge in [0.25, 0.3) is 0 Å². The van der Waals surface area contributed by atoms with Gasteiger partial charge in [-0.2, -0.15) is 24.5 Å². The molecule has 2 fully saturated rings. The van der Waals surface area contributed by atoms with Gasteiger partial charge < -0.3 is 19.1 Å². The predicted molar refractivity (Wildman–Crippen MR) is 117 cm³/mol. The summed E-state index contributed by atoms with van der Waals surface area (Å²) in [5, 5.41) is 15.4. The molecule has 0 spiro atoms. The number of carboxylic acid groups (broad SMARTS) is 1. The Bertz CT molecular complexity index is 995. The second-order valence-corrected chi connectivity index (χ2v) is 9.84. The highest BCUT2D eigenvalue weighted by Crippen LogP contribution is 2.42. The molecule has 2 aromatic rings. The van der Waals surface area contributed by atoms with Gasteiger partial charge in [0, 0.05) is 37.2 Å². The third-order valence-corrected chi connectivity index (χ3v) is 7.34. The van der Waals surface area contributed by atoms with Crippen LogP contribution in [-0.2, 0) is 9.53 Å². The summed E-state index contributed by atoms with van der Waals surface area (Å²) >= 11 is 1.54. The molecule has 0 saturated carbocycles. The van der Waals surface area contributed by atoms with Gasteiger partial charge in [0.05, 0.1) is 38.5 Å². The first-order valence-corrected chi connectivity index (χ1v) is 11.7. The Morgan fingerprint density at radius 1 is 1.18 bits per heavy atom. The van der Waals surface area contributed by atoms with Crippen LogP contribution in [0.5, 0.6) is 0 Å². The normalized spacial score (nSPS) is 22.9. The summed E-state index contributed by atoms with van der Waals surface area (Å²) in [5.74, 6) is -2.90. The summed E-state index contributed by atoms with van der Waals surface area (Å²) in [6.45, 7) is 0.452. The first-order valence-electron chi connectivity index (χ1n) is 10.7. The average molecular weight is 503 g/mol. The third-order valence-electron chi connectivity index (χ3n) is 6.66. The first kappa shape index (κ1) is 26.0. The number of carbonyl (C=O) groups excluding carboxylic acids is 2. The average Bonchev–Trinajstić information content (AvgIpc) is 3.29. The maximum absolute atomic E-state index is 13.7. The molecule has 2 unspecified atom stereocenters. The molecule has 0 radical (unpaired) electrons. The van der Waals surface area contributed by atoms with Gasteiger partial charge in [-0.25, -0.2) is 9.18 Å². The number of halogens is 4. The van der Waals surface area contributed by atoms with E-state index in [4.69, 9.17) is 14.6 Å². The van der Waals surface area contributed by atoms with E-state index in [1.165, 1.54) is 36.3 Å². The van der Waals surface area contributed by atoms with Gasteiger partial charge in [-0.3, -0.25) is 5.32 Å². The Hall–Kier alpha value is -2.66. The number of aliphatic carboxylic acids is 1. The van der Waals surface area contributed by atoms with Crippen molar-refractivity contribution >= 4 is 29.1 Å². The number of amides is 1. The molecule has 2 bridgehead atoms. The highest BCUT2D eigenvalue weighted by atomic mass is 32.1. The number of ether oxygens (including phenoxy) is 1. The number of carbonyl (C=O) groups is 2. The SMILES string of the molecule is C[N+]1(C)C2CCC1CC(COC(=O)Nc1ccc(F)cc1-c1ccsc1)C2.O=C([O-])C(F)(F)F. The summed E-state index contributed by atoms with van der Waals surface area (Å²) in [7, 11) is 4.65. The van der Waals surface area contributed by atoms with E-state index in [2.05, 4.69) is 19.4 Å². The number of quaternary nitrogens is 1. The summed E-state index contributed by atoms with van der Waals surface area (Å²) in [6.07, 6.45) is -0.870. The van der Waals surface area contributed by atoms with Gasteiger partial charge in [-0.15, -0.1) is 0 Å². The zero-order valence-electron chi connectivity index (χ0n) is 18.7. The maximum atomic E-state index is 13.7. The van der Waals surface area contributed by atoms with Gasteiger partial charge >= 0.3 is 12.3 Å². The van der Waals surface area contributed by atoms with Crippen LogP contribution in [0.3, 0.4) is 0 Å². The van der Waals surface area contributed by atoms with Crippen molar-refractivity contribution in [2.24, 2.45) is 5.92 Å². The Kier molecular flexibility index (Phi) is 7.87. The molecule has 1 N–H and O–H groups in total. The number of thiophene rings is 1. The summed E-state index contributed by atoms with van der Waals surface area (Å²) in [6, 6.07) is 7.66. The van der Waals surface area contributed by atoms with Crippen LogP contribution in [0.1, 0.15) is 25.7 Å². The highest BCUT2D eigenvalue weighted by molar-refractivity contribution is 7.08. The molecule has 2 aliphatic rings. The van der Waals surface area contributed by atoms with Gasteiger partial charge in [-0.1, -0.05) is 0 Å². The number of rotatable bonds is 4. The van der Waals surface area contributed by atoms with Crippen LogP contribution in [0.25, 0.3) is 11.1 Å². The van der Waals surface area contributed by atoms with E-state index in [0.29, 0.717) is 35.9 Å². The molecule has 1 aromatic heterocycles. The standard InChI is InChI=1S/C21H25FN2O2S.C2HF3O2/c1-24(2)17-4-5-18(24)10-14(9-17)12-26-21(25)23-20-6-3-16(22)11-19(20)15-7-8-27-13-15;3-2(4,5)1(6)7/h3,6-8,11,13-14,17-18H,4-5,9-10,12H2,1-2H3;(H,6,7). The van der Waals surface area contributed by atoms with Gasteiger partial charge in [-0.05, 0) is 40.6 Å². The fourth-order valence-corrected chi connectivity index (χ4v) is 5.41. The fraction of sp³-hybridized carbons (Fsp3) is 0.478. The van der Waals surface area contributed by atoms with Crippen LogP contribution in [0, 0.1) is 11.7 Å². The monoisotopic (exact) mass is 502 g/mol. The zero-order chi connectivity index (χ0) is 25.1. The van der Waals surface area contributed by atoms with E-state index in [0.717, 1.165) is 22.9 Å². The number of hydrogen-bond donors (Lipinski definition) is 1. The van der Waals surface area contributed by atoms with Crippen LogP contribution >= 0.6 is 11.3 Å². The molecule has 186 valence electrons. The molecular formula is C23H26F4N2O4S. The van der Waals surface area contributed by atoms with Crippen LogP contribution in [0.2, 0.25) is 0 Å². The number of fused-ring (bicyclic) bond motifs is 2. The lowest BCUT2D eigenvalue weighted by molar-refractivity contribution is -0.931. The summed E-state index contributed by atoms with van der Waals surface area (Å²) < 4.78 is 51.9. The zero-order valence-corrected chi connectivity index (χ0v) is 19.5. The molecule has 34 heavy (non-hydrogen) atoms. The van der Waals surface area contributed by atoms with Crippen LogP contribution in [0.4, 0.5) is 28.0 Å². The number of hydrogen-bond acceptors (Lipinski definition) is 5. The Balaban J connectivity index is 0.000000406. The van der Waals surface area contributed by atoms with Crippen LogP contribution in [-0.4, -0.2) is 55.5 Å². The minimum Gasteiger partial charge on any atom is -0.542 e. The van der Waals surface area contributed by atoms with Crippen molar-refractivity contribution in [3.63, 3.8) is 0 Å². The Labute approximate surface area is 198 Å². The van der Waals surface area contributed by atoms with Crippen molar-refractivity contribution in [2.45, 2.75) is 43.9 Å². The summed E-state index contributed by atoms with van der Waals surface area (Å²) in [4.78, 5) is 21.1. The number of carboxylic acids is 1. The number of alkyl halides is 3. The smallest absolute Gasteiger partial charge is 0.430 e. The quantitative estimate of drug-likeness (QED) is 0.496. The third kappa shape index (κ3) is 6.26. The molecule has 0 aliphatic carbocycles.